The molecule has 2 atom stereocenters. The van der Waals surface area contributed by atoms with Crippen LogP contribution >= 0.6 is 0 Å². The van der Waals surface area contributed by atoms with E-state index in [9.17, 15) is 9.59 Å². The van der Waals surface area contributed by atoms with Gasteiger partial charge in [0, 0.05) is 6.54 Å². The minimum atomic E-state index is -1.21. The number of carbonyl (C=O) groups excluding carboxylic acids is 1. The van der Waals surface area contributed by atoms with Crippen molar-refractivity contribution in [2.24, 2.45) is 5.41 Å². The number of nitrogens with one attached hydrogen (secondary N) is 2. The van der Waals surface area contributed by atoms with E-state index in [0.717, 1.165) is 19.4 Å². The van der Waals surface area contributed by atoms with Gasteiger partial charge in [0.05, 0.1) is 12.0 Å². The number of hydrogen-bond acceptors (Lipinski definition) is 4. The van der Waals surface area contributed by atoms with Crippen LogP contribution in [0, 0.1) is 5.41 Å². The maximum Gasteiger partial charge on any atom is 0.328 e. The Morgan fingerprint density at radius 1 is 1.53 bits per heavy atom. The Bertz CT molecular complexity index is 287. The fraction of sp³-hybridized carbons (Fsp3) is 0.818. The molecule has 6 heteroatoms. The first-order valence-corrected chi connectivity index (χ1v) is 5.91. The Kier molecular flexibility index (Phi) is 4.89. The van der Waals surface area contributed by atoms with Crippen LogP contribution in [0.25, 0.3) is 0 Å². The van der Waals surface area contributed by atoms with Crippen molar-refractivity contribution in [2.75, 3.05) is 19.7 Å². The van der Waals surface area contributed by atoms with Gasteiger partial charge in [-0.3, -0.25) is 4.79 Å². The first kappa shape index (κ1) is 13.9. The van der Waals surface area contributed by atoms with Crippen LogP contribution in [0.3, 0.4) is 0 Å². The minimum Gasteiger partial charge on any atom is -0.480 e. The number of aliphatic hydroxyl groups is 1. The quantitative estimate of drug-likeness (QED) is 0.514. The molecule has 17 heavy (non-hydrogen) atoms. The van der Waals surface area contributed by atoms with Crippen molar-refractivity contribution >= 4 is 11.9 Å². The van der Waals surface area contributed by atoms with Crippen LogP contribution in [0.4, 0.5) is 0 Å². The average Bonchev–Trinajstić information content (AvgIpc) is 2.35. The molecule has 1 amide bonds. The standard InChI is InChI=1S/C11H20N2O4/c1-2-11(4-3-5-12-7-11)10(17)13-8(6-14)9(15)16/h8,12,14H,2-7H2,1H3,(H,13,17)(H,15,16)/t8-,11?/m0/s1. The van der Waals surface area contributed by atoms with Crippen LogP contribution < -0.4 is 10.6 Å². The third-order valence-corrected chi connectivity index (χ3v) is 3.42. The molecule has 0 radical (unpaired) electrons. The van der Waals surface area contributed by atoms with Gasteiger partial charge in [0.2, 0.25) is 5.91 Å². The molecule has 6 nitrogen and oxygen atoms in total. The molecule has 0 aliphatic carbocycles. The fourth-order valence-electron chi connectivity index (χ4n) is 2.12. The molecule has 0 aromatic carbocycles. The largest absolute Gasteiger partial charge is 0.480 e. The summed E-state index contributed by atoms with van der Waals surface area (Å²) in [6.45, 7) is 2.78. The number of piperidine rings is 1. The van der Waals surface area contributed by atoms with Gasteiger partial charge in [-0.1, -0.05) is 6.92 Å². The van der Waals surface area contributed by atoms with Crippen LogP contribution in [-0.2, 0) is 9.59 Å². The SMILES string of the molecule is CCC1(C(=O)N[C@@H](CO)C(=O)O)CCCNC1. The molecule has 98 valence electrons. The molecule has 1 unspecified atom stereocenters. The molecule has 1 aliphatic rings. The number of amides is 1. The van der Waals surface area contributed by atoms with E-state index in [1.165, 1.54) is 0 Å². The number of carboxylic acid groups (broad SMARTS) is 1. The zero-order valence-corrected chi connectivity index (χ0v) is 10.0. The Hall–Kier alpha value is -1.14. The molecule has 1 saturated heterocycles. The monoisotopic (exact) mass is 244 g/mol. The van der Waals surface area contributed by atoms with E-state index in [2.05, 4.69) is 10.6 Å². The summed E-state index contributed by atoms with van der Waals surface area (Å²) in [5, 5.41) is 23.2. The van der Waals surface area contributed by atoms with E-state index in [-0.39, 0.29) is 5.91 Å². The molecule has 1 heterocycles. The maximum atomic E-state index is 12.1. The molecular formula is C11H20N2O4. The zero-order chi connectivity index (χ0) is 12.9. The summed E-state index contributed by atoms with van der Waals surface area (Å²) in [6, 6.07) is -1.21. The predicted molar refractivity (Wildman–Crippen MR) is 61.5 cm³/mol. The van der Waals surface area contributed by atoms with Crippen LogP contribution in [0.5, 0.6) is 0 Å². The van der Waals surface area contributed by atoms with Gasteiger partial charge >= 0.3 is 5.97 Å². The van der Waals surface area contributed by atoms with Crippen molar-refractivity contribution in [2.45, 2.75) is 32.2 Å². The highest BCUT2D eigenvalue weighted by Gasteiger charge is 2.39. The summed E-state index contributed by atoms with van der Waals surface area (Å²) in [5.41, 5.74) is -0.541. The molecule has 1 fully saturated rings. The van der Waals surface area contributed by atoms with Gasteiger partial charge in [0.15, 0.2) is 0 Å². The minimum absolute atomic E-state index is 0.284. The first-order chi connectivity index (χ1) is 8.05. The predicted octanol–water partition coefficient (Wildman–Crippen LogP) is -0.672. The smallest absolute Gasteiger partial charge is 0.328 e. The lowest BCUT2D eigenvalue weighted by Crippen LogP contribution is -2.54. The molecule has 0 aromatic rings. The summed E-state index contributed by atoms with van der Waals surface area (Å²) in [6.07, 6.45) is 2.31. The van der Waals surface area contributed by atoms with Crippen molar-refractivity contribution in [3.8, 4) is 0 Å². The maximum absolute atomic E-state index is 12.1. The second-order valence-corrected chi connectivity index (χ2v) is 4.46. The Balaban J connectivity index is 2.68. The van der Waals surface area contributed by atoms with E-state index in [1.54, 1.807) is 0 Å². The third-order valence-electron chi connectivity index (χ3n) is 3.42. The van der Waals surface area contributed by atoms with Gasteiger partial charge in [-0.05, 0) is 25.8 Å². The van der Waals surface area contributed by atoms with Crippen LogP contribution in [0.2, 0.25) is 0 Å². The molecule has 1 aliphatic heterocycles. The van der Waals surface area contributed by atoms with Gasteiger partial charge < -0.3 is 20.8 Å². The Morgan fingerprint density at radius 3 is 2.65 bits per heavy atom. The van der Waals surface area contributed by atoms with Gasteiger partial charge in [0.25, 0.3) is 0 Å². The summed E-state index contributed by atoms with van der Waals surface area (Å²) in [4.78, 5) is 22.9. The highest BCUT2D eigenvalue weighted by molar-refractivity contribution is 5.87. The first-order valence-electron chi connectivity index (χ1n) is 5.91. The van der Waals surface area contributed by atoms with E-state index >= 15 is 0 Å². The van der Waals surface area contributed by atoms with Crippen LogP contribution in [-0.4, -0.2) is 47.8 Å². The Labute approximate surface area is 100 Å². The summed E-state index contributed by atoms with van der Waals surface area (Å²) < 4.78 is 0. The number of carbonyl (C=O) groups is 2. The summed E-state index contributed by atoms with van der Waals surface area (Å²) in [7, 11) is 0. The number of rotatable bonds is 5. The Morgan fingerprint density at radius 2 is 2.24 bits per heavy atom. The van der Waals surface area contributed by atoms with Crippen molar-refractivity contribution in [1.82, 2.24) is 10.6 Å². The highest BCUT2D eigenvalue weighted by Crippen LogP contribution is 2.30. The van der Waals surface area contributed by atoms with Crippen molar-refractivity contribution in [1.29, 1.82) is 0 Å². The highest BCUT2D eigenvalue weighted by atomic mass is 16.4. The summed E-state index contributed by atoms with van der Waals surface area (Å²) >= 11 is 0. The van der Waals surface area contributed by atoms with Crippen molar-refractivity contribution < 1.29 is 19.8 Å². The van der Waals surface area contributed by atoms with Gasteiger partial charge in [-0.15, -0.1) is 0 Å². The average molecular weight is 244 g/mol. The molecular weight excluding hydrogens is 224 g/mol. The van der Waals surface area contributed by atoms with Gasteiger partial charge in [-0.2, -0.15) is 0 Å². The normalized spacial score (nSPS) is 26.2. The van der Waals surface area contributed by atoms with Crippen LogP contribution in [0.15, 0.2) is 0 Å². The van der Waals surface area contributed by atoms with Gasteiger partial charge in [0.1, 0.15) is 6.04 Å². The molecule has 0 aromatic heterocycles. The molecule has 0 spiro atoms. The van der Waals surface area contributed by atoms with Gasteiger partial charge in [-0.25, -0.2) is 4.79 Å². The molecule has 4 N–H and O–H groups in total. The second kappa shape index (κ2) is 5.97. The molecule has 0 bridgehead atoms. The third kappa shape index (κ3) is 3.17. The summed E-state index contributed by atoms with van der Waals surface area (Å²) in [5.74, 6) is -1.50. The van der Waals surface area contributed by atoms with Crippen molar-refractivity contribution in [3.63, 3.8) is 0 Å². The van der Waals surface area contributed by atoms with E-state index in [0.29, 0.717) is 13.0 Å². The van der Waals surface area contributed by atoms with E-state index in [4.69, 9.17) is 10.2 Å². The number of aliphatic carboxylic acids is 1. The number of hydrogen-bond donors (Lipinski definition) is 4. The number of aliphatic hydroxyl groups excluding tert-OH is 1. The molecule has 1 rings (SSSR count). The second-order valence-electron chi connectivity index (χ2n) is 4.46. The van der Waals surface area contributed by atoms with Crippen LogP contribution in [0.1, 0.15) is 26.2 Å². The van der Waals surface area contributed by atoms with Crippen molar-refractivity contribution in [3.05, 3.63) is 0 Å². The lowest BCUT2D eigenvalue weighted by molar-refractivity contribution is -0.145. The lowest BCUT2D eigenvalue weighted by Gasteiger charge is -2.36. The topological polar surface area (TPSA) is 98.7 Å². The number of carboxylic acids is 1. The fourth-order valence-corrected chi connectivity index (χ4v) is 2.12. The lowest BCUT2D eigenvalue weighted by atomic mass is 9.77. The van der Waals surface area contributed by atoms with E-state index in [1.807, 2.05) is 6.92 Å². The van der Waals surface area contributed by atoms with E-state index < -0.39 is 24.0 Å². The zero-order valence-electron chi connectivity index (χ0n) is 10.0. The molecule has 0 saturated carbocycles.